The van der Waals surface area contributed by atoms with Crippen molar-refractivity contribution in [3.63, 3.8) is 0 Å². The molecule has 1 fully saturated rings. The number of carbonyl (C=O) groups is 1. The number of hydrogen-bond donors (Lipinski definition) is 1. The molecule has 3 rings (SSSR count). The first-order chi connectivity index (χ1) is 11.1. The number of carbonyl (C=O) groups excluding carboxylic acids is 1. The van der Waals surface area contributed by atoms with Gasteiger partial charge in [0, 0.05) is 33.0 Å². The van der Waals surface area contributed by atoms with Gasteiger partial charge in [-0.05, 0) is 30.5 Å². The van der Waals surface area contributed by atoms with Gasteiger partial charge in [0.25, 0.3) is 11.5 Å². The van der Waals surface area contributed by atoms with Crippen LogP contribution in [0.15, 0.2) is 35.6 Å². The molecule has 1 atom stereocenters. The highest BCUT2D eigenvalue weighted by Crippen LogP contribution is 2.33. The van der Waals surface area contributed by atoms with E-state index in [1.165, 1.54) is 12.5 Å². The molecule has 0 bridgehead atoms. The molecule has 0 aromatic carbocycles. The quantitative estimate of drug-likeness (QED) is 0.921. The Kier molecular flexibility index (Phi) is 4.10. The van der Waals surface area contributed by atoms with Gasteiger partial charge in [-0.2, -0.15) is 0 Å². The molecule has 23 heavy (non-hydrogen) atoms. The molecule has 0 aliphatic carbocycles. The highest BCUT2D eigenvalue weighted by atomic mass is 16.2. The van der Waals surface area contributed by atoms with Crippen molar-refractivity contribution in [2.45, 2.75) is 18.9 Å². The third-order valence-electron chi connectivity index (χ3n) is 4.08. The summed E-state index contributed by atoms with van der Waals surface area (Å²) >= 11 is 0. The number of aromatic nitrogens is 3. The standard InChI is InChI=1S/C16H19N5O2/c1-20(2)14-8-11(5-6-18-14)13-4-3-7-21(13)16(23)12-9-17-10-19-15(12)22/h5-6,8-10,13H,3-4,7H2,1-2H3,(H,17,19,22)/t13-/m1/s1. The second kappa shape index (κ2) is 6.20. The molecule has 0 saturated carbocycles. The molecule has 120 valence electrons. The van der Waals surface area contributed by atoms with E-state index in [1.54, 1.807) is 11.1 Å². The lowest BCUT2D eigenvalue weighted by molar-refractivity contribution is 0.0733. The average Bonchev–Trinajstić information content (AvgIpc) is 3.04. The van der Waals surface area contributed by atoms with Gasteiger partial charge in [0.05, 0.1) is 12.4 Å². The van der Waals surface area contributed by atoms with E-state index in [9.17, 15) is 9.59 Å². The molecular formula is C16H19N5O2. The minimum Gasteiger partial charge on any atom is -0.363 e. The van der Waals surface area contributed by atoms with Gasteiger partial charge in [0.1, 0.15) is 11.4 Å². The molecule has 7 heteroatoms. The van der Waals surface area contributed by atoms with Crippen LogP contribution < -0.4 is 10.5 Å². The third-order valence-corrected chi connectivity index (χ3v) is 4.08. The zero-order chi connectivity index (χ0) is 16.4. The van der Waals surface area contributed by atoms with E-state index in [0.29, 0.717) is 6.54 Å². The van der Waals surface area contributed by atoms with Crippen molar-refractivity contribution in [1.29, 1.82) is 0 Å². The molecule has 0 unspecified atom stereocenters. The zero-order valence-corrected chi connectivity index (χ0v) is 13.2. The molecule has 3 heterocycles. The molecule has 7 nitrogen and oxygen atoms in total. The molecule has 1 aliphatic rings. The lowest BCUT2D eigenvalue weighted by atomic mass is 10.1. The minimum atomic E-state index is -0.403. The molecule has 1 amide bonds. The maximum atomic E-state index is 12.7. The Morgan fingerprint density at radius 2 is 2.26 bits per heavy atom. The van der Waals surface area contributed by atoms with E-state index in [4.69, 9.17) is 0 Å². The van der Waals surface area contributed by atoms with Crippen molar-refractivity contribution in [1.82, 2.24) is 19.9 Å². The van der Waals surface area contributed by atoms with Crippen LogP contribution in [0.2, 0.25) is 0 Å². The smallest absolute Gasteiger partial charge is 0.263 e. The van der Waals surface area contributed by atoms with Gasteiger partial charge >= 0.3 is 0 Å². The maximum Gasteiger partial charge on any atom is 0.263 e. The Morgan fingerprint density at radius 1 is 1.43 bits per heavy atom. The van der Waals surface area contributed by atoms with Crippen LogP contribution in [0.25, 0.3) is 0 Å². The second-order valence-electron chi connectivity index (χ2n) is 5.79. The van der Waals surface area contributed by atoms with Crippen molar-refractivity contribution in [3.8, 4) is 0 Å². The SMILES string of the molecule is CN(C)c1cc([C@H]2CCCN2C(=O)c2cnc[nH]c2=O)ccn1. The van der Waals surface area contributed by atoms with Crippen LogP contribution >= 0.6 is 0 Å². The van der Waals surface area contributed by atoms with E-state index in [0.717, 1.165) is 24.2 Å². The van der Waals surface area contributed by atoms with Gasteiger partial charge in [-0.25, -0.2) is 9.97 Å². The lowest BCUT2D eigenvalue weighted by Crippen LogP contribution is -2.34. The van der Waals surface area contributed by atoms with Crippen LogP contribution in [0.4, 0.5) is 5.82 Å². The minimum absolute atomic E-state index is 0.0381. The van der Waals surface area contributed by atoms with Crippen molar-refractivity contribution < 1.29 is 4.79 Å². The number of nitrogens with zero attached hydrogens (tertiary/aromatic N) is 4. The Morgan fingerprint density at radius 3 is 3.00 bits per heavy atom. The lowest BCUT2D eigenvalue weighted by Gasteiger charge is -2.25. The molecule has 1 aliphatic heterocycles. The third kappa shape index (κ3) is 2.94. The monoisotopic (exact) mass is 313 g/mol. The van der Waals surface area contributed by atoms with Gasteiger partial charge in [-0.1, -0.05) is 0 Å². The summed E-state index contributed by atoms with van der Waals surface area (Å²) in [6.07, 6.45) is 6.15. The largest absolute Gasteiger partial charge is 0.363 e. The average molecular weight is 313 g/mol. The fraction of sp³-hybridized carbons (Fsp3) is 0.375. The molecular weight excluding hydrogens is 294 g/mol. The van der Waals surface area contributed by atoms with Crippen LogP contribution in [0.5, 0.6) is 0 Å². The van der Waals surface area contributed by atoms with Gasteiger partial charge < -0.3 is 14.8 Å². The van der Waals surface area contributed by atoms with Crippen molar-refractivity contribution in [2.75, 3.05) is 25.5 Å². The molecule has 0 spiro atoms. The molecule has 1 saturated heterocycles. The van der Waals surface area contributed by atoms with E-state index in [-0.39, 0.29) is 17.5 Å². The zero-order valence-electron chi connectivity index (χ0n) is 13.2. The number of pyridine rings is 1. The van der Waals surface area contributed by atoms with Crippen molar-refractivity contribution in [2.24, 2.45) is 0 Å². The number of anilines is 1. The topological polar surface area (TPSA) is 82.2 Å². The predicted octanol–water partition coefficient (Wildman–Crippen LogP) is 1.21. The first kappa shape index (κ1) is 15.2. The van der Waals surface area contributed by atoms with E-state index in [1.807, 2.05) is 31.1 Å². The fourth-order valence-electron chi connectivity index (χ4n) is 2.89. The number of nitrogens with one attached hydrogen (secondary N) is 1. The van der Waals surface area contributed by atoms with Crippen LogP contribution in [-0.4, -0.2) is 46.4 Å². The number of rotatable bonds is 3. The molecule has 1 N–H and O–H groups in total. The van der Waals surface area contributed by atoms with Gasteiger partial charge in [0.2, 0.25) is 0 Å². The Labute approximate surface area is 134 Å². The number of hydrogen-bond acceptors (Lipinski definition) is 5. The highest BCUT2D eigenvalue weighted by molar-refractivity contribution is 5.94. The van der Waals surface area contributed by atoms with E-state index < -0.39 is 5.56 Å². The van der Waals surface area contributed by atoms with Gasteiger partial charge in [-0.3, -0.25) is 9.59 Å². The van der Waals surface area contributed by atoms with Crippen molar-refractivity contribution >= 4 is 11.7 Å². The summed E-state index contributed by atoms with van der Waals surface area (Å²) in [7, 11) is 3.86. The van der Waals surface area contributed by atoms with Crippen LogP contribution in [0, 0.1) is 0 Å². The number of H-pyrrole nitrogens is 1. The number of likely N-dealkylation sites (tertiary alicyclic amines) is 1. The number of amides is 1. The summed E-state index contributed by atoms with van der Waals surface area (Å²) in [5, 5.41) is 0. The summed E-state index contributed by atoms with van der Waals surface area (Å²) in [5.41, 5.74) is 0.718. The first-order valence-electron chi connectivity index (χ1n) is 7.55. The van der Waals surface area contributed by atoms with Gasteiger partial charge in [0.15, 0.2) is 0 Å². The van der Waals surface area contributed by atoms with E-state index >= 15 is 0 Å². The predicted molar refractivity (Wildman–Crippen MR) is 86.4 cm³/mol. The molecule has 0 radical (unpaired) electrons. The fourth-order valence-corrected chi connectivity index (χ4v) is 2.89. The molecule has 2 aromatic rings. The highest BCUT2D eigenvalue weighted by Gasteiger charge is 2.32. The van der Waals surface area contributed by atoms with Crippen LogP contribution in [0.3, 0.4) is 0 Å². The second-order valence-corrected chi connectivity index (χ2v) is 5.79. The van der Waals surface area contributed by atoms with Crippen LogP contribution in [-0.2, 0) is 0 Å². The normalized spacial score (nSPS) is 17.3. The number of aromatic amines is 1. The van der Waals surface area contributed by atoms with Gasteiger partial charge in [-0.15, -0.1) is 0 Å². The summed E-state index contributed by atoms with van der Waals surface area (Å²) in [6.45, 7) is 0.636. The molecule has 2 aromatic heterocycles. The Balaban J connectivity index is 1.92. The summed E-state index contributed by atoms with van der Waals surface area (Å²) in [5.74, 6) is 0.575. The first-order valence-corrected chi connectivity index (χ1v) is 7.55. The summed E-state index contributed by atoms with van der Waals surface area (Å²) in [4.78, 5) is 38.8. The Hall–Kier alpha value is -2.70. The van der Waals surface area contributed by atoms with Crippen molar-refractivity contribution in [3.05, 3.63) is 52.3 Å². The van der Waals surface area contributed by atoms with Crippen LogP contribution in [0.1, 0.15) is 34.8 Å². The maximum absolute atomic E-state index is 12.7. The summed E-state index contributed by atoms with van der Waals surface area (Å²) in [6, 6.07) is 3.88. The Bertz CT molecular complexity index is 771. The summed E-state index contributed by atoms with van der Waals surface area (Å²) < 4.78 is 0. The van der Waals surface area contributed by atoms with E-state index in [2.05, 4.69) is 15.0 Å².